The Morgan fingerprint density at radius 3 is 2.62 bits per heavy atom. The van der Waals surface area contributed by atoms with Crippen molar-refractivity contribution in [1.29, 1.82) is 0 Å². The minimum absolute atomic E-state index is 0.132. The van der Waals surface area contributed by atoms with E-state index in [0.29, 0.717) is 10.4 Å². The number of nitro benzene ring substituents is 1. The normalized spacial score (nSPS) is 10.8. The van der Waals surface area contributed by atoms with E-state index in [1.165, 1.54) is 6.42 Å². The molecule has 0 atom stereocenters. The first-order chi connectivity index (χ1) is 7.50. The summed E-state index contributed by atoms with van der Waals surface area (Å²) >= 11 is 3.23. The predicted molar refractivity (Wildman–Crippen MR) is 68.6 cm³/mol. The number of hydrogen-bond acceptors (Lipinski definition) is 2. The Morgan fingerprint density at radius 2 is 2.12 bits per heavy atom. The molecule has 0 amide bonds. The standard InChI is InChI=1S/C12H16BrNO2/c1-9(2)4-3-5-10-6-7-12(14(15)16)11(13)8-10/h6-9H,3-5H2,1-2H3. The van der Waals surface area contributed by atoms with Gasteiger partial charge in [0.2, 0.25) is 0 Å². The Bertz CT molecular complexity index is 377. The summed E-state index contributed by atoms with van der Waals surface area (Å²) in [5.74, 6) is 0.710. The van der Waals surface area contributed by atoms with Crippen LogP contribution >= 0.6 is 15.9 Å². The summed E-state index contributed by atoms with van der Waals surface area (Å²) in [5, 5.41) is 10.6. The van der Waals surface area contributed by atoms with Gasteiger partial charge in [-0.05, 0) is 46.3 Å². The molecular weight excluding hydrogens is 270 g/mol. The van der Waals surface area contributed by atoms with E-state index in [1.54, 1.807) is 6.07 Å². The minimum Gasteiger partial charge on any atom is -0.258 e. The molecule has 3 nitrogen and oxygen atoms in total. The fraction of sp³-hybridized carbons (Fsp3) is 0.500. The van der Waals surface area contributed by atoms with Crippen molar-refractivity contribution in [3.8, 4) is 0 Å². The molecule has 16 heavy (non-hydrogen) atoms. The Morgan fingerprint density at radius 1 is 1.44 bits per heavy atom. The second-order valence-electron chi connectivity index (χ2n) is 4.33. The van der Waals surface area contributed by atoms with Gasteiger partial charge in [-0.25, -0.2) is 0 Å². The van der Waals surface area contributed by atoms with E-state index in [0.717, 1.165) is 18.4 Å². The number of nitro groups is 1. The topological polar surface area (TPSA) is 43.1 Å². The lowest BCUT2D eigenvalue weighted by atomic mass is 10.0. The maximum atomic E-state index is 10.6. The molecule has 0 heterocycles. The van der Waals surface area contributed by atoms with E-state index in [2.05, 4.69) is 29.8 Å². The lowest BCUT2D eigenvalue weighted by Gasteiger charge is -2.05. The van der Waals surface area contributed by atoms with Crippen LogP contribution in [0.1, 0.15) is 32.3 Å². The van der Waals surface area contributed by atoms with Crippen LogP contribution in [0.4, 0.5) is 5.69 Å². The molecular formula is C12H16BrNO2. The third-order valence-corrected chi connectivity index (χ3v) is 3.09. The van der Waals surface area contributed by atoms with Crippen LogP contribution < -0.4 is 0 Å². The van der Waals surface area contributed by atoms with Gasteiger partial charge < -0.3 is 0 Å². The summed E-state index contributed by atoms with van der Waals surface area (Å²) in [4.78, 5) is 10.2. The van der Waals surface area contributed by atoms with Gasteiger partial charge in [-0.1, -0.05) is 26.3 Å². The average Bonchev–Trinajstić information content (AvgIpc) is 2.16. The number of hydrogen-bond donors (Lipinski definition) is 0. The van der Waals surface area contributed by atoms with E-state index >= 15 is 0 Å². The van der Waals surface area contributed by atoms with Crippen LogP contribution in [0.25, 0.3) is 0 Å². The summed E-state index contributed by atoms with van der Waals surface area (Å²) < 4.78 is 0.569. The average molecular weight is 286 g/mol. The Hall–Kier alpha value is -0.900. The van der Waals surface area contributed by atoms with Crippen molar-refractivity contribution in [2.24, 2.45) is 5.92 Å². The quantitative estimate of drug-likeness (QED) is 0.597. The molecule has 0 radical (unpaired) electrons. The molecule has 0 saturated heterocycles. The maximum absolute atomic E-state index is 10.6. The molecule has 1 aromatic carbocycles. The first kappa shape index (κ1) is 13.2. The highest BCUT2D eigenvalue weighted by Gasteiger charge is 2.11. The van der Waals surface area contributed by atoms with Gasteiger partial charge in [-0.3, -0.25) is 10.1 Å². The molecule has 0 aliphatic rings. The van der Waals surface area contributed by atoms with Crippen LogP contribution in [0.2, 0.25) is 0 Å². The van der Waals surface area contributed by atoms with Crippen molar-refractivity contribution in [1.82, 2.24) is 0 Å². The van der Waals surface area contributed by atoms with Gasteiger partial charge in [0.05, 0.1) is 9.40 Å². The molecule has 0 N–H and O–H groups in total. The van der Waals surface area contributed by atoms with E-state index in [1.807, 2.05) is 12.1 Å². The molecule has 0 aliphatic carbocycles. The molecule has 0 aliphatic heterocycles. The van der Waals surface area contributed by atoms with E-state index in [9.17, 15) is 10.1 Å². The number of rotatable bonds is 5. The molecule has 0 saturated carbocycles. The monoisotopic (exact) mass is 285 g/mol. The molecule has 0 bridgehead atoms. The molecule has 0 unspecified atom stereocenters. The Balaban J connectivity index is 2.63. The Kier molecular flexibility index (Phi) is 4.93. The van der Waals surface area contributed by atoms with Crippen molar-refractivity contribution in [3.05, 3.63) is 38.3 Å². The van der Waals surface area contributed by atoms with Crippen LogP contribution in [0, 0.1) is 16.0 Å². The predicted octanol–water partition coefficient (Wildman–Crippen LogP) is 4.34. The highest BCUT2D eigenvalue weighted by atomic mass is 79.9. The molecule has 1 aromatic rings. The van der Waals surface area contributed by atoms with Crippen LogP contribution in [0.5, 0.6) is 0 Å². The van der Waals surface area contributed by atoms with Gasteiger partial charge in [0.1, 0.15) is 0 Å². The molecule has 0 aromatic heterocycles. The molecule has 4 heteroatoms. The van der Waals surface area contributed by atoms with Gasteiger partial charge in [-0.2, -0.15) is 0 Å². The minimum atomic E-state index is -0.373. The number of nitrogens with zero attached hydrogens (tertiary/aromatic N) is 1. The van der Waals surface area contributed by atoms with Crippen LogP contribution in [0.15, 0.2) is 22.7 Å². The van der Waals surface area contributed by atoms with Gasteiger partial charge >= 0.3 is 0 Å². The maximum Gasteiger partial charge on any atom is 0.283 e. The second kappa shape index (κ2) is 5.99. The molecule has 0 spiro atoms. The van der Waals surface area contributed by atoms with E-state index in [-0.39, 0.29) is 10.6 Å². The van der Waals surface area contributed by atoms with Crippen molar-refractivity contribution in [3.63, 3.8) is 0 Å². The zero-order valence-corrected chi connectivity index (χ0v) is 11.2. The van der Waals surface area contributed by atoms with Gasteiger partial charge in [0, 0.05) is 6.07 Å². The first-order valence-electron chi connectivity index (χ1n) is 5.43. The second-order valence-corrected chi connectivity index (χ2v) is 5.18. The number of benzene rings is 1. The van der Waals surface area contributed by atoms with E-state index in [4.69, 9.17) is 0 Å². The SMILES string of the molecule is CC(C)CCCc1ccc([N+](=O)[O-])c(Br)c1. The first-order valence-corrected chi connectivity index (χ1v) is 6.23. The van der Waals surface area contributed by atoms with Crippen molar-refractivity contribution in [2.45, 2.75) is 33.1 Å². The zero-order valence-electron chi connectivity index (χ0n) is 9.57. The number of aryl methyl sites for hydroxylation is 1. The molecule has 88 valence electrons. The largest absolute Gasteiger partial charge is 0.283 e. The third-order valence-electron chi connectivity index (χ3n) is 2.46. The highest BCUT2D eigenvalue weighted by molar-refractivity contribution is 9.10. The van der Waals surface area contributed by atoms with Gasteiger partial charge in [0.15, 0.2) is 0 Å². The fourth-order valence-electron chi connectivity index (χ4n) is 1.57. The van der Waals surface area contributed by atoms with Crippen LogP contribution in [0.3, 0.4) is 0 Å². The van der Waals surface area contributed by atoms with E-state index < -0.39 is 0 Å². The zero-order chi connectivity index (χ0) is 12.1. The highest BCUT2D eigenvalue weighted by Crippen LogP contribution is 2.26. The third kappa shape index (κ3) is 3.93. The summed E-state index contributed by atoms with van der Waals surface area (Å²) in [6.07, 6.45) is 3.30. The van der Waals surface area contributed by atoms with Crippen molar-refractivity contribution in [2.75, 3.05) is 0 Å². The lowest BCUT2D eigenvalue weighted by Crippen LogP contribution is -1.93. The van der Waals surface area contributed by atoms with Crippen molar-refractivity contribution >= 4 is 21.6 Å². The summed E-state index contributed by atoms with van der Waals surface area (Å²) in [6.45, 7) is 4.40. The molecule has 1 rings (SSSR count). The van der Waals surface area contributed by atoms with Crippen LogP contribution in [-0.4, -0.2) is 4.92 Å². The van der Waals surface area contributed by atoms with Gasteiger partial charge in [-0.15, -0.1) is 0 Å². The Labute approximate surface area is 104 Å². The summed E-state index contributed by atoms with van der Waals surface area (Å²) in [7, 11) is 0. The van der Waals surface area contributed by atoms with Crippen molar-refractivity contribution < 1.29 is 4.92 Å². The summed E-state index contributed by atoms with van der Waals surface area (Å²) in [5.41, 5.74) is 1.28. The summed E-state index contributed by atoms with van der Waals surface area (Å²) in [6, 6.07) is 5.25. The number of halogens is 1. The lowest BCUT2D eigenvalue weighted by molar-refractivity contribution is -0.385. The fourth-order valence-corrected chi connectivity index (χ4v) is 2.14. The smallest absolute Gasteiger partial charge is 0.258 e. The molecule has 0 fully saturated rings. The van der Waals surface area contributed by atoms with Gasteiger partial charge in [0.25, 0.3) is 5.69 Å². The van der Waals surface area contributed by atoms with Crippen LogP contribution in [-0.2, 0) is 6.42 Å².